The standard InChI is InChI=1S/C10H14ClNO2/c1-10(2,3)14-9(13)7-12-5-4-8(11)6-12/h4-6H,7H2,1-3H3. The number of nitrogens with zero attached hydrogens (tertiary/aromatic N) is 1. The lowest BCUT2D eigenvalue weighted by atomic mass is 10.2. The summed E-state index contributed by atoms with van der Waals surface area (Å²) < 4.78 is 6.84. The van der Waals surface area contributed by atoms with Crippen molar-refractivity contribution < 1.29 is 9.53 Å². The number of esters is 1. The maximum Gasteiger partial charge on any atom is 0.326 e. The minimum absolute atomic E-state index is 0.198. The smallest absolute Gasteiger partial charge is 0.326 e. The number of hydrogen-bond donors (Lipinski definition) is 0. The summed E-state index contributed by atoms with van der Waals surface area (Å²) in [6.45, 7) is 5.72. The minimum Gasteiger partial charge on any atom is -0.459 e. The fourth-order valence-electron chi connectivity index (χ4n) is 1.03. The van der Waals surface area contributed by atoms with Crippen LogP contribution in [0.2, 0.25) is 5.02 Å². The zero-order valence-corrected chi connectivity index (χ0v) is 9.34. The maximum absolute atomic E-state index is 11.4. The highest BCUT2D eigenvalue weighted by molar-refractivity contribution is 6.30. The molecular formula is C10H14ClNO2. The van der Waals surface area contributed by atoms with Gasteiger partial charge in [0.25, 0.3) is 0 Å². The van der Waals surface area contributed by atoms with E-state index < -0.39 is 5.60 Å². The number of carbonyl (C=O) groups excluding carboxylic acids is 1. The summed E-state index contributed by atoms with van der Waals surface area (Å²) in [6, 6.07) is 1.73. The zero-order valence-electron chi connectivity index (χ0n) is 8.58. The van der Waals surface area contributed by atoms with Crippen molar-refractivity contribution in [1.82, 2.24) is 4.57 Å². The normalized spacial score (nSPS) is 11.4. The molecule has 78 valence electrons. The van der Waals surface area contributed by atoms with Crippen molar-refractivity contribution in [2.24, 2.45) is 0 Å². The van der Waals surface area contributed by atoms with Gasteiger partial charge in [-0.25, -0.2) is 0 Å². The molecule has 0 saturated carbocycles. The highest BCUT2D eigenvalue weighted by atomic mass is 35.5. The van der Waals surface area contributed by atoms with Gasteiger partial charge in [-0.15, -0.1) is 0 Å². The fourth-order valence-corrected chi connectivity index (χ4v) is 1.21. The molecule has 0 radical (unpaired) electrons. The zero-order chi connectivity index (χ0) is 10.8. The van der Waals surface area contributed by atoms with Crippen molar-refractivity contribution in [1.29, 1.82) is 0 Å². The molecule has 3 nitrogen and oxygen atoms in total. The Morgan fingerprint density at radius 3 is 2.64 bits per heavy atom. The summed E-state index contributed by atoms with van der Waals surface area (Å²) >= 11 is 5.70. The lowest BCUT2D eigenvalue weighted by molar-refractivity contribution is -0.155. The molecule has 0 aromatic carbocycles. The van der Waals surface area contributed by atoms with Crippen molar-refractivity contribution >= 4 is 17.6 Å². The molecule has 1 rings (SSSR count). The van der Waals surface area contributed by atoms with Gasteiger partial charge in [0.2, 0.25) is 0 Å². The van der Waals surface area contributed by atoms with Gasteiger partial charge in [-0.3, -0.25) is 4.79 Å². The minimum atomic E-state index is -0.436. The lowest BCUT2D eigenvalue weighted by Gasteiger charge is -2.19. The van der Waals surface area contributed by atoms with Crippen LogP contribution in [0.1, 0.15) is 20.8 Å². The molecule has 0 spiro atoms. The van der Waals surface area contributed by atoms with Gasteiger partial charge < -0.3 is 9.30 Å². The number of aromatic nitrogens is 1. The second-order valence-corrected chi connectivity index (χ2v) is 4.52. The van der Waals surface area contributed by atoms with Gasteiger partial charge in [0.15, 0.2) is 0 Å². The Balaban J connectivity index is 2.50. The third-order valence-corrected chi connectivity index (χ3v) is 1.67. The van der Waals surface area contributed by atoms with Crippen molar-refractivity contribution in [3.05, 3.63) is 23.5 Å². The molecule has 0 saturated heterocycles. The molecule has 0 N–H and O–H groups in total. The van der Waals surface area contributed by atoms with Gasteiger partial charge in [-0.1, -0.05) is 11.6 Å². The Labute approximate surface area is 88.6 Å². The van der Waals surface area contributed by atoms with Crippen LogP contribution in [-0.2, 0) is 16.1 Å². The second-order valence-electron chi connectivity index (χ2n) is 4.09. The van der Waals surface area contributed by atoms with Gasteiger partial charge in [0.1, 0.15) is 12.1 Å². The Bertz CT molecular complexity index is 325. The lowest BCUT2D eigenvalue weighted by Crippen LogP contribution is -2.26. The van der Waals surface area contributed by atoms with E-state index in [-0.39, 0.29) is 12.5 Å². The van der Waals surface area contributed by atoms with E-state index in [9.17, 15) is 4.79 Å². The molecule has 0 aliphatic carbocycles. The Morgan fingerprint density at radius 1 is 1.57 bits per heavy atom. The van der Waals surface area contributed by atoms with Crippen molar-refractivity contribution in [2.75, 3.05) is 0 Å². The van der Waals surface area contributed by atoms with E-state index in [2.05, 4.69) is 0 Å². The van der Waals surface area contributed by atoms with E-state index >= 15 is 0 Å². The predicted molar refractivity (Wildman–Crippen MR) is 55.3 cm³/mol. The van der Waals surface area contributed by atoms with E-state index in [0.29, 0.717) is 5.02 Å². The Morgan fingerprint density at radius 2 is 2.21 bits per heavy atom. The molecule has 0 amide bonds. The van der Waals surface area contributed by atoms with Crippen molar-refractivity contribution in [3.8, 4) is 0 Å². The Hall–Kier alpha value is -0.960. The summed E-state index contributed by atoms with van der Waals surface area (Å²) in [5, 5.41) is 0.619. The number of carbonyl (C=O) groups is 1. The topological polar surface area (TPSA) is 31.2 Å². The molecule has 0 atom stereocenters. The predicted octanol–water partition coefficient (Wildman–Crippen LogP) is 2.48. The molecule has 1 aromatic heterocycles. The number of hydrogen-bond acceptors (Lipinski definition) is 2. The average Bonchev–Trinajstić information content (AvgIpc) is 2.30. The number of rotatable bonds is 2. The van der Waals surface area contributed by atoms with Gasteiger partial charge in [0.05, 0.1) is 5.02 Å². The summed E-state index contributed by atoms with van der Waals surface area (Å²) in [5.41, 5.74) is -0.436. The number of halogens is 1. The number of ether oxygens (including phenoxy) is 1. The first-order chi connectivity index (χ1) is 6.37. The van der Waals surface area contributed by atoms with Crippen LogP contribution in [0.15, 0.2) is 18.5 Å². The van der Waals surface area contributed by atoms with E-state index in [1.54, 1.807) is 23.0 Å². The second kappa shape index (κ2) is 4.05. The summed E-state index contributed by atoms with van der Waals surface area (Å²) in [7, 11) is 0. The van der Waals surface area contributed by atoms with E-state index in [1.165, 1.54) is 0 Å². The molecule has 1 heterocycles. The van der Waals surface area contributed by atoms with E-state index in [4.69, 9.17) is 16.3 Å². The van der Waals surface area contributed by atoms with Crippen LogP contribution in [0.5, 0.6) is 0 Å². The van der Waals surface area contributed by atoms with Crippen LogP contribution >= 0.6 is 11.6 Å². The van der Waals surface area contributed by atoms with Crippen LogP contribution in [0.4, 0.5) is 0 Å². The highest BCUT2D eigenvalue weighted by Gasteiger charge is 2.16. The van der Waals surface area contributed by atoms with Gasteiger partial charge in [-0.2, -0.15) is 0 Å². The first-order valence-corrected chi connectivity index (χ1v) is 4.78. The first kappa shape index (κ1) is 11.1. The SMILES string of the molecule is CC(C)(C)OC(=O)Cn1ccc(Cl)c1. The molecule has 0 fully saturated rings. The van der Waals surface area contributed by atoms with Crippen molar-refractivity contribution in [3.63, 3.8) is 0 Å². The van der Waals surface area contributed by atoms with Gasteiger partial charge in [0, 0.05) is 12.4 Å². The van der Waals surface area contributed by atoms with E-state index in [1.807, 2.05) is 20.8 Å². The van der Waals surface area contributed by atoms with Crippen LogP contribution in [0, 0.1) is 0 Å². The molecule has 14 heavy (non-hydrogen) atoms. The quantitative estimate of drug-likeness (QED) is 0.710. The van der Waals surface area contributed by atoms with Gasteiger partial charge in [-0.05, 0) is 26.8 Å². The molecule has 1 aromatic rings. The Kier molecular flexibility index (Phi) is 3.21. The largest absolute Gasteiger partial charge is 0.459 e. The van der Waals surface area contributed by atoms with Crippen LogP contribution in [0.25, 0.3) is 0 Å². The van der Waals surface area contributed by atoms with Crippen LogP contribution in [-0.4, -0.2) is 16.1 Å². The summed E-state index contributed by atoms with van der Waals surface area (Å²) in [6.07, 6.45) is 3.43. The molecule has 4 heteroatoms. The first-order valence-electron chi connectivity index (χ1n) is 4.40. The fraction of sp³-hybridized carbons (Fsp3) is 0.500. The molecule has 0 aliphatic rings. The summed E-state index contributed by atoms with van der Waals surface area (Å²) in [5.74, 6) is -0.259. The molecule has 0 aliphatic heterocycles. The molecule has 0 unspecified atom stereocenters. The van der Waals surface area contributed by atoms with Crippen molar-refractivity contribution in [2.45, 2.75) is 32.9 Å². The van der Waals surface area contributed by atoms with Crippen LogP contribution < -0.4 is 0 Å². The average molecular weight is 216 g/mol. The molecule has 0 bridgehead atoms. The highest BCUT2D eigenvalue weighted by Crippen LogP contribution is 2.10. The molecular weight excluding hydrogens is 202 g/mol. The van der Waals surface area contributed by atoms with E-state index in [0.717, 1.165) is 0 Å². The summed E-state index contributed by atoms with van der Waals surface area (Å²) in [4.78, 5) is 11.4. The third-order valence-electron chi connectivity index (χ3n) is 1.45. The van der Waals surface area contributed by atoms with Gasteiger partial charge >= 0.3 is 5.97 Å². The monoisotopic (exact) mass is 215 g/mol. The van der Waals surface area contributed by atoms with Crippen LogP contribution in [0.3, 0.4) is 0 Å². The maximum atomic E-state index is 11.4. The third kappa shape index (κ3) is 3.83.